The number of nitrogens with one attached hydrogen (secondary N) is 1. The van der Waals surface area contributed by atoms with Crippen LogP contribution in [-0.2, 0) is 0 Å². The van der Waals surface area contributed by atoms with Gasteiger partial charge in [-0.2, -0.15) is 0 Å². The summed E-state index contributed by atoms with van der Waals surface area (Å²) in [6.07, 6.45) is 1.71. The van der Waals surface area contributed by atoms with Crippen molar-refractivity contribution in [2.24, 2.45) is 0 Å². The first-order valence-electron chi connectivity index (χ1n) is 6.39. The second-order valence-corrected chi connectivity index (χ2v) is 6.18. The zero-order valence-corrected chi connectivity index (χ0v) is 12.3. The molecular weight excluding hydrogens is 304 g/mol. The lowest BCUT2D eigenvalue weighted by molar-refractivity contribution is 1.37. The van der Waals surface area contributed by atoms with Crippen LogP contribution in [0.15, 0.2) is 53.5 Å². The Balaban J connectivity index is 2.00. The Bertz CT molecular complexity index is 1000. The molecule has 102 valence electrons. The van der Waals surface area contributed by atoms with Crippen LogP contribution < -0.4 is 5.43 Å². The summed E-state index contributed by atoms with van der Waals surface area (Å²) in [4.78, 5) is 20.3. The zero-order valence-electron chi connectivity index (χ0n) is 10.8. The topological polar surface area (TPSA) is 45.8 Å². The molecule has 2 aromatic carbocycles. The second kappa shape index (κ2) is 4.69. The number of fused-ring (bicyclic) bond motifs is 2. The van der Waals surface area contributed by atoms with Gasteiger partial charge in [0.2, 0.25) is 0 Å². The molecule has 4 aromatic rings. The van der Waals surface area contributed by atoms with Gasteiger partial charge in [0.05, 0.1) is 21.3 Å². The van der Waals surface area contributed by atoms with Gasteiger partial charge in [0.1, 0.15) is 5.01 Å². The van der Waals surface area contributed by atoms with Crippen LogP contribution in [0.2, 0.25) is 5.02 Å². The normalized spacial score (nSPS) is 11.3. The largest absolute Gasteiger partial charge is 0.360 e. The maximum Gasteiger partial charge on any atom is 0.199 e. The maximum absolute atomic E-state index is 12.6. The van der Waals surface area contributed by atoms with E-state index in [1.807, 2.05) is 24.3 Å². The molecule has 0 unspecified atom stereocenters. The minimum atomic E-state index is -0.0283. The summed E-state index contributed by atoms with van der Waals surface area (Å²) >= 11 is 7.47. The summed E-state index contributed by atoms with van der Waals surface area (Å²) in [5.74, 6) is 0. The number of para-hydroxylation sites is 1. The summed E-state index contributed by atoms with van der Waals surface area (Å²) in [6, 6.07) is 13.1. The van der Waals surface area contributed by atoms with Crippen LogP contribution in [0.25, 0.3) is 31.7 Å². The predicted octanol–water partition coefficient (Wildman–Crippen LogP) is 4.46. The van der Waals surface area contributed by atoms with Crippen LogP contribution >= 0.6 is 22.9 Å². The second-order valence-electron chi connectivity index (χ2n) is 4.71. The Morgan fingerprint density at radius 1 is 1.14 bits per heavy atom. The third-order valence-corrected chi connectivity index (χ3v) is 4.67. The number of pyridine rings is 1. The first kappa shape index (κ1) is 12.6. The molecule has 0 fully saturated rings. The molecule has 0 spiro atoms. The van der Waals surface area contributed by atoms with Crippen molar-refractivity contribution in [1.82, 2.24) is 9.97 Å². The highest BCUT2D eigenvalue weighted by atomic mass is 35.5. The van der Waals surface area contributed by atoms with Crippen LogP contribution in [0.4, 0.5) is 0 Å². The number of thiazole rings is 1. The Hall–Kier alpha value is -2.17. The number of H-pyrrole nitrogens is 1. The Morgan fingerprint density at radius 2 is 2.00 bits per heavy atom. The molecule has 2 heterocycles. The highest BCUT2D eigenvalue weighted by Crippen LogP contribution is 2.28. The number of benzene rings is 2. The van der Waals surface area contributed by atoms with E-state index in [1.54, 1.807) is 24.4 Å². The molecule has 0 aliphatic rings. The van der Waals surface area contributed by atoms with Crippen LogP contribution in [0.1, 0.15) is 0 Å². The maximum atomic E-state index is 12.6. The predicted molar refractivity (Wildman–Crippen MR) is 88.2 cm³/mol. The van der Waals surface area contributed by atoms with E-state index in [2.05, 4.69) is 9.97 Å². The molecule has 0 aliphatic carbocycles. The van der Waals surface area contributed by atoms with E-state index < -0.39 is 0 Å². The number of aromatic nitrogens is 2. The molecule has 0 saturated carbocycles. The molecule has 3 nitrogen and oxygen atoms in total. The van der Waals surface area contributed by atoms with E-state index >= 15 is 0 Å². The molecule has 0 bridgehead atoms. The van der Waals surface area contributed by atoms with Gasteiger partial charge in [0.25, 0.3) is 0 Å². The van der Waals surface area contributed by atoms with Crippen molar-refractivity contribution in [3.63, 3.8) is 0 Å². The average Bonchev–Trinajstić information content (AvgIpc) is 2.91. The van der Waals surface area contributed by atoms with Crippen molar-refractivity contribution < 1.29 is 0 Å². The lowest BCUT2D eigenvalue weighted by atomic mass is 10.1. The van der Waals surface area contributed by atoms with Crippen molar-refractivity contribution in [3.05, 3.63) is 63.9 Å². The molecule has 0 radical (unpaired) electrons. The fourth-order valence-electron chi connectivity index (χ4n) is 2.34. The standard InChI is InChI=1S/C16H9ClN2OS/c17-9-5-6-10-13(7-9)18-8-11(15(10)20)16-19-12-3-1-2-4-14(12)21-16/h1-8H,(H,18,20). The SMILES string of the molecule is O=c1c(-c2nc3ccccc3s2)c[nH]c2cc(Cl)ccc12. The smallest absolute Gasteiger partial charge is 0.199 e. The number of halogens is 1. The van der Waals surface area contributed by atoms with Gasteiger partial charge < -0.3 is 4.98 Å². The highest BCUT2D eigenvalue weighted by molar-refractivity contribution is 7.21. The van der Waals surface area contributed by atoms with Crippen LogP contribution in [0.5, 0.6) is 0 Å². The van der Waals surface area contributed by atoms with Crippen molar-refractivity contribution in [3.8, 4) is 10.6 Å². The monoisotopic (exact) mass is 312 g/mol. The van der Waals surface area contributed by atoms with Crippen LogP contribution in [0.3, 0.4) is 0 Å². The van der Waals surface area contributed by atoms with Gasteiger partial charge in [-0.15, -0.1) is 11.3 Å². The van der Waals surface area contributed by atoms with Crippen molar-refractivity contribution in [2.45, 2.75) is 0 Å². The van der Waals surface area contributed by atoms with E-state index in [1.165, 1.54) is 11.3 Å². The third-order valence-electron chi connectivity index (χ3n) is 3.37. The third kappa shape index (κ3) is 2.04. The average molecular weight is 313 g/mol. The molecule has 0 amide bonds. The van der Waals surface area contributed by atoms with Gasteiger partial charge in [0, 0.05) is 16.6 Å². The van der Waals surface area contributed by atoms with Gasteiger partial charge >= 0.3 is 0 Å². The summed E-state index contributed by atoms with van der Waals surface area (Å²) in [5, 5.41) is 1.95. The fraction of sp³-hybridized carbons (Fsp3) is 0. The number of hydrogen-bond donors (Lipinski definition) is 1. The summed E-state index contributed by atoms with van der Waals surface area (Å²) in [5.41, 5.74) is 2.20. The van der Waals surface area contributed by atoms with Crippen molar-refractivity contribution in [2.75, 3.05) is 0 Å². The Kier molecular flexibility index (Phi) is 2.80. The molecule has 4 rings (SSSR count). The van der Waals surface area contributed by atoms with E-state index in [0.717, 1.165) is 20.7 Å². The Labute approximate surface area is 128 Å². The lowest BCUT2D eigenvalue weighted by Crippen LogP contribution is -2.05. The molecule has 0 atom stereocenters. The molecule has 5 heteroatoms. The number of rotatable bonds is 1. The van der Waals surface area contributed by atoms with Gasteiger partial charge in [0.15, 0.2) is 5.43 Å². The van der Waals surface area contributed by atoms with E-state index in [0.29, 0.717) is 16.0 Å². The molecule has 0 aliphatic heterocycles. The van der Waals surface area contributed by atoms with Gasteiger partial charge in [-0.3, -0.25) is 4.79 Å². The zero-order chi connectivity index (χ0) is 14.4. The van der Waals surface area contributed by atoms with E-state index in [9.17, 15) is 4.79 Å². The fourth-order valence-corrected chi connectivity index (χ4v) is 3.49. The molecule has 0 saturated heterocycles. The summed E-state index contributed by atoms with van der Waals surface area (Å²) in [6.45, 7) is 0. The van der Waals surface area contributed by atoms with Crippen LogP contribution in [-0.4, -0.2) is 9.97 Å². The first-order chi connectivity index (χ1) is 10.2. The van der Waals surface area contributed by atoms with Gasteiger partial charge in [-0.05, 0) is 30.3 Å². The minimum Gasteiger partial charge on any atom is -0.360 e. The molecular formula is C16H9ClN2OS. The molecule has 2 aromatic heterocycles. The number of nitrogens with zero attached hydrogens (tertiary/aromatic N) is 1. The molecule has 1 N–H and O–H groups in total. The van der Waals surface area contributed by atoms with Crippen molar-refractivity contribution >= 4 is 44.1 Å². The number of aromatic amines is 1. The van der Waals surface area contributed by atoms with Gasteiger partial charge in [-0.1, -0.05) is 23.7 Å². The molecule has 21 heavy (non-hydrogen) atoms. The van der Waals surface area contributed by atoms with Crippen LogP contribution in [0, 0.1) is 0 Å². The quantitative estimate of drug-likeness (QED) is 0.564. The van der Waals surface area contributed by atoms with E-state index in [4.69, 9.17) is 11.6 Å². The lowest BCUT2D eigenvalue weighted by Gasteiger charge is -2.01. The minimum absolute atomic E-state index is 0.0283. The van der Waals surface area contributed by atoms with E-state index in [-0.39, 0.29) is 5.43 Å². The van der Waals surface area contributed by atoms with Gasteiger partial charge in [-0.25, -0.2) is 4.98 Å². The summed E-state index contributed by atoms with van der Waals surface area (Å²) < 4.78 is 1.07. The van der Waals surface area contributed by atoms with Crippen molar-refractivity contribution in [1.29, 1.82) is 0 Å². The first-order valence-corrected chi connectivity index (χ1v) is 7.59. The highest BCUT2D eigenvalue weighted by Gasteiger charge is 2.12. The summed E-state index contributed by atoms with van der Waals surface area (Å²) in [7, 11) is 0. The Morgan fingerprint density at radius 3 is 2.86 bits per heavy atom. The number of hydrogen-bond acceptors (Lipinski definition) is 3.